The second kappa shape index (κ2) is 15.7. The number of amides is 3. The third-order valence-electron chi connectivity index (χ3n) is 5.97. The molecule has 0 radical (unpaired) electrons. The number of ether oxygens (including phenoxy) is 2. The summed E-state index contributed by atoms with van der Waals surface area (Å²) in [4.78, 5) is 35.7. The van der Waals surface area contributed by atoms with Gasteiger partial charge >= 0.3 is 12.2 Å². The third-order valence-corrected chi connectivity index (χ3v) is 5.97. The summed E-state index contributed by atoms with van der Waals surface area (Å²) in [6.45, 7) is 0.933. The molecule has 0 bridgehead atoms. The van der Waals surface area contributed by atoms with Gasteiger partial charge in [0.1, 0.15) is 19.3 Å². The van der Waals surface area contributed by atoms with Crippen molar-refractivity contribution >= 4 is 18.1 Å². The number of alkyl carbamates (subject to hydrolysis) is 2. The molecule has 1 atom stereocenters. The first-order valence-electron chi connectivity index (χ1n) is 12.8. The Morgan fingerprint density at radius 3 is 1.74 bits per heavy atom. The van der Waals surface area contributed by atoms with Gasteiger partial charge in [-0.1, -0.05) is 84.9 Å². The molecule has 8 nitrogen and oxygen atoms in total. The molecule has 0 aliphatic rings. The van der Waals surface area contributed by atoms with E-state index in [1.165, 1.54) is 5.56 Å². The van der Waals surface area contributed by atoms with Crippen LogP contribution in [0.1, 0.15) is 41.5 Å². The monoisotopic (exact) mass is 517 g/mol. The number of hydrogen-bond donors (Lipinski definition) is 3. The van der Waals surface area contributed by atoms with E-state index in [0.29, 0.717) is 19.4 Å². The second-order valence-electron chi connectivity index (χ2n) is 8.96. The Balaban J connectivity index is 1.30. The van der Waals surface area contributed by atoms with Crippen LogP contribution in [-0.4, -0.2) is 30.7 Å². The largest absolute Gasteiger partial charge is 0.445 e. The van der Waals surface area contributed by atoms with Crippen molar-refractivity contribution in [3.05, 3.63) is 107 Å². The fourth-order valence-corrected chi connectivity index (χ4v) is 3.79. The highest BCUT2D eigenvalue weighted by Crippen LogP contribution is 2.11. The van der Waals surface area contributed by atoms with Crippen molar-refractivity contribution in [3.8, 4) is 0 Å². The van der Waals surface area contributed by atoms with Crippen molar-refractivity contribution in [2.75, 3.05) is 6.54 Å². The first-order valence-corrected chi connectivity index (χ1v) is 12.8. The Labute approximate surface area is 223 Å². The van der Waals surface area contributed by atoms with Gasteiger partial charge in [0, 0.05) is 6.54 Å². The van der Waals surface area contributed by atoms with E-state index >= 15 is 0 Å². The van der Waals surface area contributed by atoms with Crippen molar-refractivity contribution in [1.29, 1.82) is 0 Å². The number of nitrogens with two attached hydrogens (primary N) is 1. The summed E-state index contributed by atoms with van der Waals surface area (Å²) in [5.74, 6) is -0.601. The molecular weight excluding hydrogens is 482 g/mol. The zero-order chi connectivity index (χ0) is 27.0. The molecule has 0 heterocycles. The van der Waals surface area contributed by atoms with Crippen LogP contribution in [0.25, 0.3) is 0 Å². The standard InChI is InChI=1S/C30H35N3O5/c31-28(34)27(33-30(36)38-22-26-12-5-2-6-13-26)19-18-24-16-14-23(15-17-24)9-7-8-20-32-29(35)37-21-25-10-3-1-4-11-25/h1-6,10-17,27H,7-9,18-22H2,(H2,31,34)(H,32,35)(H,33,36)/t27-/m0/s1. The van der Waals surface area contributed by atoms with Crippen molar-refractivity contribution < 1.29 is 23.9 Å². The van der Waals surface area contributed by atoms with E-state index in [-0.39, 0.29) is 13.2 Å². The molecule has 0 spiro atoms. The van der Waals surface area contributed by atoms with E-state index in [4.69, 9.17) is 15.2 Å². The van der Waals surface area contributed by atoms with Crippen molar-refractivity contribution in [2.24, 2.45) is 5.73 Å². The molecule has 0 saturated heterocycles. The number of aryl methyl sites for hydroxylation is 2. The molecule has 0 aliphatic carbocycles. The lowest BCUT2D eigenvalue weighted by molar-refractivity contribution is -0.120. The molecule has 3 amide bonds. The number of nitrogens with one attached hydrogen (secondary N) is 2. The average molecular weight is 518 g/mol. The van der Waals surface area contributed by atoms with Crippen LogP contribution in [0.15, 0.2) is 84.9 Å². The Bertz CT molecular complexity index is 1140. The van der Waals surface area contributed by atoms with Crippen LogP contribution in [0.2, 0.25) is 0 Å². The van der Waals surface area contributed by atoms with Crippen molar-refractivity contribution in [1.82, 2.24) is 10.6 Å². The second-order valence-corrected chi connectivity index (χ2v) is 8.96. The maximum Gasteiger partial charge on any atom is 0.408 e. The average Bonchev–Trinajstić information content (AvgIpc) is 2.94. The highest BCUT2D eigenvalue weighted by molar-refractivity contribution is 5.84. The van der Waals surface area contributed by atoms with E-state index in [1.807, 2.05) is 72.8 Å². The number of benzene rings is 3. The van der Waals surface area contributed by atoms with Crippen LogP contribution in [0.4, 0.5) is 9.59 Å². The maximum absolute atomic E-state index is 12.1. The van der Waals surface area contributed by atoms with Gasteiger partial charge in [0.25, 0.3) is 0 Å². The SMILES string of the molecule is NC(=O)[C@H](CCc1ccc(CCCCNC(=O)OCc2ccccc2)cc1)NC(=O)OCc1ccccc1. The molecule has 3 aromatic carbocycles. The first kappa shape index (κ1) is 28.2. The van der Waals surface area contributed by atoms with Gasteiger partial charge in [-0.25, -0.2) is 9.59 Å². The molecule has 0 unspecified atom stereocenters. The molecule has 38 heavy (non-hydrogen) atoms. The molecule has 0 saturated carbocycles. The third kappa shape index (κ3) is 10.7. The molecule has 200 valence electrons. The molecule has 3 rings (SSSR count). The summed E-state index contributed by atoms with van der Waals surface area (Å²) in [6.07, 6.45) is 2.53. The minimum Gasteiger partial charge on any atom is -0.445 e. The Morgan fingerprint density at radius 1 is 0.658 bits per heavy atom. The van der Waals surface area contributed by atoms with Gasteiger partial charge in [0.15, 0.2) is 0 Å². The minimum absolute atomic E-state index is 0.119. The normalized spacial score (nSPS) is 11.3. The summed E-state index contributed by atoms with van der Waals surface area (Å²) in [5, 5.41) is 5.33. The minimum atomic E-state index is -0.815. The zero-order valence-electron chi connectivity index (χ0n) is 21.4. The highest BCUT2D eigenvalue weighted by atomic mass is 16.6. The van der Waals surface area contributed by atoms with Crippen molar-refractivity contribution in [2.45, 2.75) is 51.4 Å². The smallest absolute Gasteiger partial charge is 0.408 e. The molecule has 8 heteroatoms. The molecule has 0 aromatic heterocycles. The van der Waals surface area contributed by atoms with Gasteiger partial charge in [-0.05, 0) is 54.4 Å². The molecule has 0 aliphatic heterocycles. The Morgan fingerprint density at radius 2 is 1.18 bits per heavy atom. The number of rotatable bonds is 14. The number of unbranched alkanes of at least 4 members (excludes halogenated alkanes) is 1. The lowest BCUT2D eigenvalue weighted by Gasteiger charge is -2.15. The lowest BCUT2D eigenvalue weighted by Crippen LogP contribution is -2.44. The van der Waals surface area contributed by atoms with Crippen LogP contribution in [0.3, 0.4) is 0 Å². The molecule has 4 N–H and O–H groups in total. The van der Waals surface area contributed by atoms with E-state index < -0.39 is 24.1 Å². The molecule has 3 aromatic rings. The topological polar surface area (TPSA) is 120 Å². The van der Waals surface area contributed by atoms with Gasteiger partial charge in [-0.2, -0.15) is 0 Å². The lowest BCUT2D eigenvalue weighted by atomic mass is 10.0. The Hall–Kier alpha value is -4.33. The van der Waals surface area contributed by atoms with E-state index in [1.54, 1.807) is 0 Å². The summed E-state index contributed by atoms with van der Waals surface area (Å²) in [7, 11) is 0. The Kier molecular flexibility index (Phi) is 11.7. The first-order chi connectivity index (χ1) is 18.5. The number of hydrogen-bond acceptors (Lipinski definition) is 5. The summed E-state index contributed by atoms with van der Waals surface area (Å²) in [6, 6.07) is 26.2. The maximum atomic E-state index is 12.1. The van der Waals surface area contributed by atoms with Crippen LogP contribution < -0.4 is 16.4 Å². The van der Waals surface area contributed by atoms with Crippen molar-refractivity contribution in [3.63, 3.8) is 0 Å². The number of carbonyl (C=O) groups excluding carboxylic acids is 3. The van der Waals surface area contributed by atoms with Gasteiger partial charge in [-0.15, -0.1) is 0 Å². The van der Waals surface area contributed by atoms with E-state index in [0.717, 1.165) is 36.0 Å². The number of primary amides is 1. The fourth-order valence-electron chi connectivity index (χ4n) is 3.79. The van der Waals surface area contributed by atoms with Crippen LogP contribution in [0, 0.1) is 0 Å². The summed E-state index contributed by atoms with van der Waals surface area (Å²) in [5.41, 5.74) is 9.52. The van der Waals surface area contributed by atoms with Gasteiger partial charge in [0.2, 0.25) is 5.91 Å². The van der Waals surface area contributed by atoms with Gasteiger partial charge in [0.05, 0.1) is 0 Å². The number of carbonyl (C=O) groups is 3. The molecular formula is C30H35N3O5. The van der Waals surface area contributed by atoms with E-state index in [2.05, 4.69) is 22.8 Å². The molecule has 0 fully saturated rings. The zero-order valence-corrected chi connectivity index (χ0v) is 21.4. The predicted octanol–water partition coefficient (Wildman–Crippen LogP) is 4.65. The summed E-state index contributed by atoms with van der Waals surface area (Å²) >= 11 is 0. The van der Waals surface area contributed by atoms with Gasteiger partial charge < -0.3 is 25.8 Å². The van der Waals surface area contributed by atoms with Gasteiger partial charge in [-0.3, -0.25) is 4.79 Å². The van der Waals surface area contributed by atoms with E-state index in [9.17, 15) is 14.4 Å². The summed E-state index contributed by atoms with van der Waals surface area (Å²) < 4.78 is 10.4. The predicted molar refractivity (Wildman–Crippen MR) is 145 cm³/mol. The van der Waals surface area contributed by atoms with Crippen LogP contribution in [0.5, 0.6) is 0 Å². The highest BCUT2D eigenvalue weighted by Gasteiger charge is 2.18. The van der Waals surface area contributed by atoms with Crippen LogP contribution >= 0.6 is 0 Å². The van der Waals surface area contributed by atoms with Crippen LogP contribution in [-0.2, 0) is 40.3 Å². The fraction of sp³-hybridized carbons (Fsp3) is 0.300. The quantitative estimate of drug-likeness (QED) is 0.269.